The van der Waals surface area contributed by atoms with E-state index in [0.29, 0.717) is 12.3 Å². The molecule has 4 nitrogen and oxygen atoms in total. The number of halogens is 1. The van der Waals surface area contributed by atoms with E-state index in [4.69, 9.17) is 9.47 Å². The Morgan fingerprint density at radius 2 is 2.09 bits per heavy atom. The van der Waals surface area contributed by atoms with E-state index in [0.717, 1.165) is 15.7 Å². The normalized spacial score (nSPS) is 16.6. The van der Waals surface area contributed by atoms with Crippen LogP contribution < -0.4 is 9.64 Å². The SMILES string of the molecule is CC1CN(C(=O)OCc2ccccc2)c2cc(Br)ccc2O1. The zero-order valence-corrected chi connectivity index (χ0v) is 13.7. The lowest BCUT2D eigenvalue weighted by Crippen LogP contribution is -2.42. The maximum absolute atomic E-state index is 12.4. The average molecular weight is 362 g/mol. The molecule has 1 atom stereocenters. The number of rotatable bonds is 2. The average Bonchev–Trinajstić information content (AvgIpc) is 2.53. The number of carbonyl (C=O) groups is 1. The Morgan fingerprint density at radius 1 is 1.32 bits per heavy atom. The molecule has 3 rings (SSSR count). The molecule has 1 aliphatic heterocycles. The van der Waals surface area contributed by atoms with Crippen molar-refractivity contribution in [2.24, 2.45) is 0 Å². The zero-order valence-electron chi connectivity index (χ0n) is 12.2. The Kier molecular flexibility index (Phi) is 4.34. The summed E-state index contributed by atoms with van der Waals surface area (Å²) in [4.78, 5) is 14.0. The third-order valence-electron chi connectivity index (χ3n) is 3.41. The Labute approximate surface area is 137 Å². The monoisotopic (exact) mass is 361 g/mol. The van der Waals surface area contributed by atoms with Gasteiger partial charge in [0.05, 0.1) is 12.2 Å². The highest BCUT2D eigenvalue weighted by Gasteiger charge is 2.28. The zero-order chi connectivity index (χ0) is 15.5. The number of carbonyl (C=O) groups excluding carboxylic acids is 1. The van der Waals surface area contributed by atoms with E-state index in [9.17, 15) is 4.79 Å². The maximum atomic E-state index is 12.4. The predicted molar refractivity (Wildman–Crippen MR) is 88.2 cm³/mol. The van der Waals surface area contributed by atoms with Crippen LogP contribution in [-0.4, -0.2) is 18.7 Å². The number of anilines is 1. The quantitative estimate of drug-likeness (QED) is 0.796. The van der Waals surface area contributed by atoms with Crippen molar-refractivity contribution in [3.63, 3.8) is 0 Å². The van der Waals surface area contributed by atoms with Gasteiger partial charge >= 0.3 is 6.09 Å². The van der Waals surface area contributed by atoms with Crippen molar-refractivity contribution >= 4 is 27.7 Å². The van der Waals surface area contributed by atoms with Crippen molar-refractivity contribution in [1.82, 2.24) is 0 Å². The first-order valence-electron chi connectivity index (χ1n) is 7.08. The first kappa shape index (κ1) is 14.9. The minimum atomic E-state index is -0.363. The fraction of sp³-hybridized carbons (Fsp3) is 0.235. The first-order valence-corrected chi connectivity index (χ1v) is 7.87. The van der Waals surface area contributed by atoms with Crippen LogP contribution >= 0.6 is 15.9 Å². The molecule has 0 N–H and O–H groups in total. The second-order valence-corrected chi connectivity index (χ2v) is 6.11. The molecular formula is C17H16BrNO3. The van der Waals surface area contributed by atoms with Crippen molar-refractivity contribution in [2.75, 3.05) is 11.4 Å². The van der Waals surface area contributed by atoms with E-state index >= 15 is 0 Å². The van der Waals surface area contributed by atoms with E-state index in [1.165, 1.54) is 0 Å². The summed E-state index contributed by atoms with van der Waals surface area (Å²) in [6, 6.07) is 15.3. The van der Waals surface area contributed by atoms with Gasteiger partial charge in [-0.15, -0.1) is 0 Å². The summed E-state index contributed by atoms with van der Waals surface area (Å²) in [5.74, 6) is 0.693. The van der Waals surface area contributed by atoms with Crippen molar-refractivity contribution in [1.29, 1.82) is 0 Å². The molecule has 2 aromatic rings. The minimum Gasteiger partial charge on any atom is -0.487 e. The van der Waals surface area contributed by atoms with Gasteiger partial charge < -0.3 is 9.47 Å². The Balaban J connectivity index is 1.76. The smallest absolute Gasteiger partial charge is 0.414 e. The molecule has 1 aliphatic rings. The predicted octanol–water partition coefficient (Wildman–Crippen LogP) is 4.37. The molecule has 1 unspecified atom stereocenters. The number of ether oxygens (including phenoxy) is 2. The van der Waals surface area contributed by atoms with Crippen LogP contribution in [0.15, 0.2) is 53.0 Å². The number of hydrogen-bond acceptors (Lipinski definition) is 3. The van der Waals surface area contributed by atoms with Gasteiger partial charge in [0.2, 0.25) is 0 Å². The van der Waals surface area contributed by atoms with Gasteiger partial charge in [0, 0.05) is 4.47 Å². The fourth-order valence-electron chi connectivity index (χ4n) is 2.38. The van der Waals surface area contributed by atoms with Crippen LogP contribution in [0.1, 0.15) is 12.5 Å². The summed E-state index contributed by atoms with van der Waals surface area (Å²) in [5.41, 5.74) is 1.69. The Morgan fingerprint density at radius 3 is 2.86 bits per heavy atom. The molecule has 2 aromatic carbocycles. The Hall–Kier alpha value is -2.01. The summed E-state index contributed by atoms with van der Waals surface area (Å²) >= 11 is 3.42. The molecule has 0 saturated carbocycles. The van der Waals surface area contributed by atoms with E-state index < -0.39 is 0 Å². The van der Waals surface area contributed by atoms with Gasteiger partial charge in [-0.1, -0.05) is 46.3 Å². The maximum Gasteiger partial charge on any atom is 0.414 e. The second-order valence-electron chi connectivity index (χ2n) is 5.19. The van der Waals surface area contributed by atoms with Gasteiger partial charge in [-0.25, -0.2) is 4.79 Å². The van der Waals surface area contributed by atoms with E-state index in [1.54, 1.807) is 4.90 Å². The van der Waals surface area contributed by atoms with Crippen molar-refractivity contribution in [3.05, 3.63) is 58.6 Å². The highest BCUT2D eigenvalue weighted by atomic mass is 79.9. The van der Waals surface area contributed by atoms with Crippen LogP contribution in [0.25, 0.3) is 0 Å². The summed E-state index contributed by atoms with van der Waals surface area (Å²) in [5, 5.41) is 0. The topological polar surface area (TPSA) is 38.8 Å². The summed E-state index contributed by atoms with van der Waals surface area (Å²) in [6.07, 6.45) is -0.434. The standard InChI is InChI=1S/C17H16BrNO3/c1-12-10-19(15-9-14(18)7-8-16(15)22-12)17(20)21-11-13-5-3-2-4-6-13/h2-9,12H,10-11H2,1H3. The third-order valence-corrected chi connectivity index (χ3v) is 3.90. The summed E-state index contributed by atoms with van der Waals surface area (Å²) in [6.45, 7) is 2.66. The fourth-order valence-corrected chi connectivity index (χ4v) is 2.73. The van der Waals surface area contributed by atoms with Crippen molar-refractivity contribution in [2.45, 2.75) is 19.6 Å². The van der Waals surface area contributed by atoms with Crippen molar-refractivity contribution < 1.29 is 14.3 Å². The highest BCUT2D eigenvalue weighted by Crippen LogP contribution is 2.36. The molecule has 0 bridgehead atoms. The lowest BCUT2D eigenvalue weighted by Gasteiger charge is -2.32. The molecule has 5 heteroatoms. The third kappa shape index (κ3) is 3.25. The van der Waals surface area contributed by atoms with Crippen molar-refractivity contribution in [3.8, 4) is 5.75 Å². The summed E-state index contributed by atoms with van der Waals surface area (Å²) in [7, 11) is 0. The molecule has 0 radical (unpaired) electrons. The van der Waals surface area contributed by atoms with Gasteiger partial charge in [0.1, 0.15) is 18.5 Å². The first-order chi connectivity index (χ1) is 10.6. The molecule has 0 spiro atoms. The molecular weight excluding hydrogens is 346 g/mol. The highest BCUT2D eigenvalue weighted by molar-refractivity contribution is 9.10. The lowest BCUT2D eigenvalue weighted by molar-refractivity contribution is 0.138. The van der Waals surface area contributed by atoms with Crippen LogP contribution in [0, 0.1) is 0 Å². The molecule has 0 aromatic heterocycles. The number of fused-ring (bicyclic) bond motifs is 1. The molecule has 1 heterocycles. The second kappa shape index (κ2) is 6.40. The van der Waals surface area contributed by atoms with Gasteiger partial charge in [-0.2, -0.15) is 0 Å². The van der Waals surface area contributed by atoms with Gasteiger partial charge in [-0.3, -0.25) is 4.90 Å². The van der Waals surface area contributed by atoms with Gasteiger partial charge in [0.25, 0.3) is 0 Å². The van der Waals surface area contributed by atoms with Crippen LogP contribution in [0.3, 0.4) is 0 Å². The largest absolute Gasteiger partial charge is 0.487 e. The summed E-state index contributed by atoms with van der Waals surface area (Å²) < 4.78 is 12.1. The number of hydrogen-bond donors (Lipinski definition) is 0. The van der Waals surface area contributed by atoms with E-state index in [1.807, 2.05) is 55.5 Å². The minimum absolute atomic E-state index is 0.0713. The van der Waals surface area contributed by atoms with Crippen LogP contribution in [0.2, 0.25) is 0 Å². The number of nitrogens with zero attached hydrogens (tertiary/aromatic N) is 1. The van der Waals surface area contributed by atoms with Crippen LogP contribution in [0.5, 0.6) is 5.75 Å². The molecule has 1 amide bonds. The Bertz CT molecular complexity index is 675. The molecule has 0 saturated heterocycles. The number of amides is 1. The molecule has 114 valence electrons. The van der Waals surface area contributed by atoms with E-state index in [2.05, 4.69) is 15.9 Å². The molecule has 0 fully saturated rings. The van der Waals surface area contributed by atoms with Crippen LogP contribution in [-0.2, 0) is 11.3 Å². The van der Waals surface area contributed by atoms with Gasteiger partial charge in [-0.05, 0) is 30.7 Å². The molecule has 22 heavy (non-hydrogen) atoms. The number of benzene rings is 2. The van der Waals surface area contributed by atoms with Crippen LogP contribution in [0.4, 0.5) is 10.5 Å². The van der Waals surface area contributed by atoms with Gasteiger partial charge in [0.15, 0.2) is 0 Å². The van der Waals surface area contributed by atoms with E-state index in [-0.39, 0.29) is 18.8 Å². The lowest BCUT2D eigenvalue weighted by atomic mass is 10.2. The molecule has 0 aliphatic carbocycles.